The standard InChI is InChI=1S/C20H37N3O6/c1-10(2)13(16(24)22-15(12(5)6)18(26)27)21-17(25)14(11(3)4)23-19(28)29-20(7,8)9/h10-15H,1-9H3,(H,21,25)(H,22,24)(H,23,28)(H,26,27)/t13-,14-,15-/m0/s1. The van der Waals surface area contributed by atoms with Crippen LogP contribution < -0.4 is 16.0 Å². The van der Waals surface area contributed by atoms with Gasteiger partial charge in [0.15, 0.2) is 0 Å². The van der Waals surface area contributed by atoms with E-state index in [4.69, 9.17) is 4.74 Å². The van der Waals surface area contributed by atoms with Gasteiger partial charge in [0.2, 0.25) is 11.8 Å². The van der Waals surface area contributed by atoms with Gasteiger partial charge in [0.25, 0.3) is 0 Å². The molecular weight excluding hydrogens is 378 g/mol. The van der Waals surface area contributed by atoms with E-state index >= 15 is 0 Å². The number of rotatable bonds is 9. The van der Waals surface area contributed by atoms with E-state index in [1.54, 1.807) is 62.3 Å². The summed E-state index contributed by atoms with van der Waals surface area (Å²) >= 11 is 0. The molecule has 0 saturated carbocycles. The molecule has 9 nitrogen and oxygen atoms in total. The lowest BCUT2D eigenvalue weighted by Gasteiger charge is -2.29. The maximum absolute atomic E-state index is 12.8. The van der Waals surface area contributed by atoms with E-state index in [1.165, 1.54) is 0 Å². The molecule has 0 aromatic carbocycles. The Labute approximate surface area is 173 Å². The van der Waals surface area contributed by atoms with Gasteiger partial charge in [-0.15, -0.1) is 0 Å². The van der Waals surface area contributed by atoms with Crippen LogP contribution >= 0.6 is 0 Å². The molecule has 29 heavy (non-hydrogen) atoms. The van der Waals surface area contributed by atoms with Crippen LogP contribution in [0.2, 0.25) is 0 Å². The number of carbonyl (C=O) groups excluding carboxylic acids is 3. The number of carbonyl (C=O) groups is 4. The Bertz CT molecular complexity index is 596. The highest BCUT2D eigenvalue weighted by molar-refractivity contribution is 5.93. The second kappa shape index (κ2) is 11.0. The molecule has 0 rings (SSSR count). The summed E-state index contributed by atoms with van der Waals surface area (Å²) in [6.45, 7) is 15.5. The van der Waals surface area contributed by atoms with Crippen LogP contribution in [0.4, 0.5) is 4.79 Å². The molecule has 0 unspecified atom stereocenters. The number of alkyl carbamates (subject to hydrolysis) is 1. The largest absolute Gasteiger partial charge is 0.480 e. The number of carboxylic acids is 1. The van der Waals surface area contributed by atoms with Gasteiger partial charge in [0.1, 0.15) is 23.7 Å². The lowest BCUT2D eigenvalue weighted by molar-refractivity contribution is -0.143. The fourth-order valence-electron chi connectivity index (χ4n) is 2.50. The number of nitrogens with one attached hydrogen (secondary N) is 3. The Morgan fingerprint density at radius 3 is 1.34 bits per heavy atom. The topological polar surface area (TPSA) is 134 Å². The number of ether oxygens (including phenoxy) is 1. The highest BCUT2D eigenvalue weighted by Crippen LogP contribution is 2.11. The molecule has 0 saturated heterocycles. The van der Waals surface area contributed by atoms with E-state index in [1.807, 2.05) is 0 Å². The van der Waals surface area contributed by atoms with Gasteiger partial charge in [-0.25, -0.2) is 9.59 Å². The molecule has 0 radical (unpaired) electrons. The van der Waals surface area contributed by atoms with Crippen molar-refractivity contribution in [3.8, 4) is 0 Å². The molecule has 4 N–H and O–H groups in total. The van der Waals surface area contributed by atoms with Crippen LogP contribution in [0.1, 0.15) is 62.3 Å². The number of hydrogen-bond donors (Lipinski definition) is 4. The van der Waals surface area contributed by atoms with E-state index < -0.39 is 47.6 Å². The highest BCUT2D eigenvalue weighted by atomic mass is 16.6. The van der Waals surface area contributed by atoms with Gasteiger partial charge in [-0.2, -0.15) is 0 Å². The number of hydrogen-bond acceptors (Lipinski definition) is 5. The Morgan fingerprint density at radius 2 is 1.03 bits per heavy atom. The van der Waals surface area contributed by atoms with Crippen molar-refractivity contribution in [2.45, 2.75) is 86.0 Å². The zero-order chi connectivity index (χ0) is 23.1. The van der Waals surface area contributed by atoms with Crippen LogP contribution in [0, 0.1) is 17.8 Å². The maximum atomic E-state index is 12.8. The van der Waals surface area contributed by atoms with Crippen LogP contribution in [-0.4, -0.2) is 52.7 Å². The smallest absolute Gasteiger partial charge is 0.408 e. The van der Waals surface area contributed by atoms with Crippen molar-refractivity contribution in [2.24, 2.45) is 17.8 Å². The minimum absolute atomic E-state index is 0.263. The van der Waals surface area contributed by atoms with Crippen LogP contribution in [-0.2, 0) is 19.1 Å². The van der Waals surface area contributed by atoms with E-state index in [-0.39, 0.29) is 17.8 Å². The number of amides is 3. The second-order valence-corrected chi connectivity index (χ2v) is 9.17. The van der Waals surface area contributed by atoms with Gasteiger partial charge in [-0.1, -0.05) is 41.5 Å². The first kappa shape index (κ1) is 26.7. The molecular formula is C20H37N3O6. The summed E-state index contributed by atoms with van der Waals surface area (Å²) in [5, 5.41) is 16.9. The second-order valence-electron chi connectivity index (χ2n) is 9.17. The van der Waals surface area contributed by atoms with Gasteiger partial charge < -0.3 is 25.8 Å². The third-order valence-electron chi connectivity index (χ3n) is 4.10. The summed E-state index contributed by atoms with van der Waals surface area (Å²) < 4.78 is 5.20. The van der Waals surface area contributed by atoms with Gasteiger partial charge in [-0.05, 0) is 38.5 Å². The molecule has 0 aliphatic carbocycles. The summed E-state index contributed by atoms with van der Waals surface area (Å²) in [6.07, 6.45) is -0.734. The third kappa shape index (κ3) is 9.62. The number of aliphatic carboxylic acids is 1. The average molecular weight is 416 g/mol. The molecule has 0 heterocycles. The van der Waals surface area contributed by atoms with E-state index in [2.05, 4.69) is 16.0 Å². The van der Waals surface area contributed by atoms with Gasteiger partial charge in [0, 0.05) is 0 Å². The zero-order valence-corrected chi connectivity index (χ0v) is 19.0. The van der Waals surface area contributed by atoms with Crippen molar-refractivity contribution in [1.82, 2.24) is 16.0 Å². The summed E-state index contributed by atoms with van der Waals surface area (Å²) in [4.78, 5) is 48.9. The summed E-state index contributed by atoms with van der Waals surface area (Å²) in [5.41, 5.74) is -0.717. The molecule has 0 aliphatic heterocycles. The van der Waals surface area contributed by atoms with Crippen molar-refractivity contribution in [2.75, 3.05) is 0 Å². The average Bonchev–Trinajstić information content (AvgIpc) is 2.51. The first-order valence-corrected chi connectivity index (χ1v) is 9.89. The Balaban J connectivity index is 5.32. The van der Waals surface area contributed by atoms with Crippen LogP contribution in [0.25, 0.3) is 0 Å². The maximum Gasteiger partial charge on any atom is 0.408 e. The lowest BCUT2D eigenvalue weighted by Crippen LogP contribution is -2.59. The Morgan fingerprint density at radius 1 is 0.690 bits per heavy atom. The van der Waals surface area contributed by atoms with Crippen LogP contribution in [0.5, 0.6) is 0 Å². The summed E-state index contributed by atoms with van der Waals surface area (Å²) in [5.74, 6) is -3.16. The quantitative estimate of drug-likeness (QED) is 0.454. The molecule has 3 atom stereocenters. The van der Waals surface area contributed by atoms with E-state index in [9.17, 15) is 24.3 Å². The summed E-state index contributed by atoms with van der Waals surface area (Å²) in [6, 6.07) is -2.94. The predicted octanol–water partition coefficient (Wildman–Crippen LogP) is 1.90. The first-order valence-electron chi connectivity index (χ1n) is 9.89. The first-order chi connectivity index (χ1) is 13.1. The van der Waals surface area contributed by atoms with Crippen molar-refractivity contribution in [1.29, 1.82) is 0 Å². The third-order valence-corrected chi connectivity index (χ3v) is 4.10. The van der Waals surface area contributed by atoms with Crippen molar-refractivity contribution in [3.05, 3.63) is 0 Å². The molecule has 0 aliphatic rings. The molecule has 0 aromatic heterocycles. The van der Waals surface area contributed by atoms with Crippen LogP contribution in [0.3, 0.4) is 0 Å². The monoisotopic (exact) mass is 415 g/mol. The minimum Gasteiger partial charge on any atom is -0.480 e. The minimum atomic E-state index is -1.14. The van der Waals surface area contributed by atoms with E-state index in [0.717, 1.165) is 0 Å². The summed E-state index contributed by atoms with van der Waals surface area (Å²) in [7, 11) is 0. The zero-order valence-electron chi connectivity index (χ0n) is 19.0. The van der Waals surface area contributed by atoms with Gasteiger partial charge in [-0.3, -0.25) is 9.59 Å². The lowest BCUT2D eigenvalue weighted by atomic mass is 9.98. The van der Waals surface area contributed by atoms with Crippen molar-refractivity contribution < 1.29 is 29.0 Å². The number of carboxylic acid groups (broad SMARTS) is 1. The molecule has 0 fully saturated rings. The van der Waals surface area contributed by atoms with E-state index in [0.29, 0.717) is 0 Å². The van der Waals surface area contributed by atoms with Crippen molar-refractivity contribution in [3.63, 3.8) is 0 Å². The Hall–Kier alpha value is -2.32. The van der Waals surface area contributed by atoms with Crippen molar-refractivity contribution >= 4 is 23.9 Å². The molecule has 0 spiro atoms. The molecule has 3 amide bonds. The molecule has 9 heteroatoms. The predicted molar refractivity (Wildman–Crippen MR) is 109 cm³/mol. The molecule has 168 valence electrons. The Kier molecular flexibility index (Phi) is 10.1. The fourth-order valence-corrected chi connectivity index (χ4v) is 2.50. The highest BCUT2D eigenvalue weighted by Gasteiger charge is 2.33. The molecule has 0 bridgehead atoms. The molecule has 0 aromatic rings. The fraction of sp³-hybridized carbons (Fsp3) is 0.800. The normalized spacial score (nSPS) is 14.9. The van der Waals surface area contributed by atoms with Gasteiger partial charge in [0.05, 0.1) is 0 Å². The van der Waals surface area contributed by atoms with Gasteiger partial charge >= 0.3 is 12.1 Å². The SMILES string of the molecule is CC(C)[C@H](NC(=O)[C@@H](NC(=O)[C@@H](NC(=O)OC(C)(C)C)C(C)C)C(C)C)C(=O)O. The van der Waals surface area contributed by atoms with Crippen LogP contribution in [0.15, 0.2) is 0 Å².